The van der Waals surface area contributed by atoms with E-state index in [1.807, 2.05) is 6.92 Å². The molecule has 0 saturated carbocycles. The smallest absolute Gasteiger partial charge is 0.338 e. The van der Waals surface area contributed by atoms with Crippen LogP contribution in [0, 0.1) is 0 Å². The molecule has 180 valence electrons. The van der Waals surface area contributed by atoms with Crippen molar-refractivity contribution in [3.63, 3.8) is 0 Å². The number of carbonyl (C=O) groups excluding carboxylic acids is 2. The number of hydrogen-bond acceptors (Lipinski definition) is 7. The molecule has 33 heavy (non-hydrogen) atoms. The second kappa shape index (κ2) is 12.2. The number of benzene rings is 2. The molecule has 0 heterocycles. The number of sulfonamides is 1. The van der Waals surface area contributed by atoms with Gasteiger partial charge in [0.05, 0.1) is 36.4 Å². The standard InChI is InChI=1S/C23H31N3O6S/c1-5-14-32-23(28)17-8-10-18(11-9-17)24-16-22(27)25-20-15-19(12-13-21(20)31-4)33(29,30)26(6-2)7-3/h8-13,15,24H,5-7,14,16H2,1-4H3,(H,25,27). The minimum absolute atomic E-state index is 0.0702. The average Bonchev–Trinajstić information content (AvgIpc) is 2.82. The highest BCUT2D eigenvalue weighted by Gasteiger charge is 2.23. The molecule has 9 nitrogen and oxygen atoms in total. The zero-order chi connectivity index (χ0) is 24.4. The fourth-order valence-corrected chi connectivity index (χ4v) is 4.52. The zero-order valence-electron chi connectivity index (χ0n) is 19.4. The van der Waals surface area contributed by atoms with Crippen LogP contribution in [0.3, 0.4) is 0 Å². The number of hydrogen-bond donors (Lipinski definition) is 2. The molecule has 0 saturated heterocycles. The molecular weight excluding hydrogens is 446 g/mol. The Balaban J connectivity index is 2.07. The lowest BCUT2D eigenvalue weighted by atomic mass is 10.2. The summed E-state index contributed by atoms with van der Waals surface area (Å²) in [5.74, 6) is -0.443. The van der Waals surface area contributed by atoms with Crippen molar-refractivity contribution in [3.8, 4) is 5.75 Å². The number of nitrogens with one attached hydrogen (secondary N) is 2. The van der Waals surface area contributed by atoms with E-state index in [4.69, 9.17) is 9.47 Å². The number of ether oxygens (including phenoxy) is 2. The lowest BCUT2D eigenvalue weighted by Gasteiger charge is -2.19. The number of nitrogens with zero attached hydrogens (tertiary/aromatic N) is 1. The van der Waals surface area contributed by atoms with Crippen molar-refractivity contribution in [2.75, 3.05) is 44.0 Å². The summed E-state index contributed by atoms with van der Waals surface area (Å²) in [6.45, 7) is 6.41. The Morgan fingerprint density at radius 1 is 1.00 bits per heavy atom. The van der Waals surface area contributed by atoms with Gasteiger partial charge in [-0.1, -0.05) is 20.8 Å². The van der Waals surface area contributed by atoms with Gasteiger partial charge in [0.25, 0.3) is 0 Å². The van der Waals surface area contributed by atoms with Crippen LogP contribution in [0.25, 0.3) is 0 Å². The quantitative estimate of drug-likeness (QED) is 0.451. The third kappa shape index (κ3) is 6.93. The Morgan fingerprint density at radius 3 is 2.24 bits per heavy atom. The largest absolute Gasteiger partial charge is 0.495 e. The SMILES string of the molecule is CCCOC(=O)c1ccc(NCC(=O)Nc2cc(S(=O)(=O)N(CC)CC)ccc2OC)cc1. The molecule has 0 spiro atoms. The Kier molecular flexibility index (Phi) is 9.68. The Bertz CT molecular complexity index is 1050. The van der Waals surface area contributed by atoms with Crippen molar-refractivity contribution in [1.29, 1.82) is 0 Å². The molecule has 0 aliphatic heterocycles. The maximum absolute atomic E-state index is 12.8. The second-order valence-electron chi connectivity index (χ2n) is 7.07. The first-order valence-electron chi connectivity index (χ1n) is 10.8. The third-order valence-electron chi connectivity index (χ3n) is 4.80. The molecule has 10 heteroatoms. The highest BCUT2D eigenvalue weighted by molar-refractivity contribution is 7.89. The first-order valence-corrected chi connectivity index (χ1v) is 12.2. The Hall–Kier alpha value is -3.11. The van der Waals surface area contributed by atoms with Crippen LogP contribution in [0.5, 0.6) is 5.75 Å². The molecule has 0 bridgehead atoms. The van der Waals surface area contributed by atoms with Crippen LogP contribution in [-0.4, -0.2) is 58.0 Å². The van der Waals surface area contributed by atoms with Gasteiger partial charge >= 0.3 is 5.97 Å². The van der Waals surface area contributed by atoms with Crippen molar-refractivity contribution in [2.24, 2.45) is 0 Å². The number of amides is 1. The van der Waals surface area contributed by atoms with Crippen molar-refractivity contribution >= 4 is 33.3 Å². The van der Waals surface area contributed by atoms with E-state index < -0.39 is 21.9 Å². The predicted molar refractivity (Wildman–Crippen MR) is 127 cm³/mol. The van der Waals surface area contributed by atoms with Crippen LogP contribution < -0.4 is 15.4 Å². The number of anilines is 2. The van der Waals surface area contributed by atoms with Gasteiger partial charge in [-0.15, -0.1) is 0 Å². The average molecular weight is 478 g/mol. The summed E-state index contributed by atoms with van der Waals surface area (Å²) in [4.78, 5) is 24.4. The van der Waals surface area contributed by atoms with Crippen LogP contribution in [0.1, 0.15) is 37.6 Å². The van der Waals surface area contributed by atoms with E-state index in [9.17, 15) is 18.0 Å². The van der Waals surface area contributed by atoms with Crippen LogP contribution in [-0.2, 0) is 19.6 Å². The van der Waals surface area contributed by atoms with E-state index in [1.54, 1.807) is 38.1 Å². The summed E-state index contributed by atoms with van der Waals surface area (Å²) >= 11 is 0. The predicted octanol–water partition coefficient (Wildman–Crippen LogP) is 3.34. The van der Waals surface area contributed by atoms with Crippen LogP contribution in [0.2, 0.25) is 0 Å². The fourth-order valence-electron chi connectivity index (χ4n) is 3.04. The zero-order valence-corrected chi connectivity index (χ0v) is 20.2. The first kappa shape index (κ1) is 26.1. The molecule has 0 aromatic heterocycles. The molecule has 1 amide bonds. The maximum atomic E-state index is 12.8. The van der Waals surface area contributed by atoms with Gasteiger partial charge < -0.3 is 20.1 Å². The lowest BCUT2D eigenvalue weighted by Crippen LogP contribution is -2.30. The summed E-state index contributed by atoms with van der Waals surface area (Å²) in [6.07, 6.45) is 0.746. The Labute approximate surface area is 195 Å². The van der Waals surface area contributed by atoms with Gasteiger partial charge in [-0.05, 0) is 48.9 Å². The van der Waals surface area contributed by atoms with E-state index in [-0.39, 0.29) is 17.1 Å². The van der Waals surface area contributed by atoms with Crippen LogP contribution >= 0.6 is 0 Å². The highest BCUT2D eigenvalue weighted by atomic mass is 32.2. The number of esters is 1. The van der Waals surface area contributed by atoms with Gasteiger partial charge in [0.1, 0.15) is 5.75 Å². The maximum Gasteiger partial charge on any atom is 0.338 e. The molecule has 2 aromatic carbocycles. The number of methoxy groups -OCH3 is 1. The van der Waals surface area contributed by atoms with Gasteiger partial charge in [-0.2, -0.15) is 4.31 Å². The summed E-state index contributed by atoms with van der Waals surface area (Å²) in [5.41, 5.74) is 1.32. The normalized spacial score (nSPS) is 11.2. The fraction of sp³-hybridized carbons (Fsp3) is 0.391. The molecule has 0 unspecified atom stereocenters. The van der Waals surface area contributed by atoms with Gasteiger partial charge in [0, 0.05) is 18.8 Å². The van der Waals surface area contributed by atoms with Gasteiger partial charge in [-0.25, -0.2) is 13.2 Å². The Morgan fingerprint density at radius 2 is 1.67 bits per heavy atom. The molecule has 2 rings (SSSR count). The van der Waals surface area contributed by atoms with E-state index in [1.165, 1.54) is 29.6 Å². The molecular formula is C23H31N3O6S. The van der Waals surface area contributed by atoms with E-state index in [0.29, 0.717) is 36.7 Å². The molecule has 0 atom stereocenters. The minimum Gasteiger partial charge on any atom is -0.495 e. The first-order chi connectivity index (χ1) is 15.8. The third-order valence-corrected chi connectivity index (χ3v) is 6.85. The molecule has 0 radical (unpaired) electrons. The monoisotopic (exact) mass is 477 g/mol. The van der Waals surface area contributed by atoms with Crippen molar-refractivity contribution in [3.05, 3.63) is 48.0 Å². The highest BCUT2D eigenvalue weighted by Crippen LogP contribution is 2.29. The lowest BCUT2D eigenvalue weighted by molar-refractivity contribution is -0.114. The van der Waals surface area contributed by atoms with Gasteiger partial charge in [0.2, 0.25) is 15.9 Å². The van der Waals surface area contributed by atoms with E-state index in [2.05, 4.69) is 10.6 Å². The minimum atomic E-state index is -3.68. The molecule has 2 aromatic rings. The van der Waals surface area contributed by atoms with Crippen LogP contribution in [0.4, 0.5) is 11.4 Å². The molecule has 0 aliphatic rings. The molecule has 0 aliphatic carbocycles. The van der Waals surface area contributed by atoms with E-state index >= 15 is 0 Å². The van der Waals surface area contributed by atoms with Crippen molar-refractivity contribution < 1.29 is 27.5 Å². The van der Waals surface area contributed by atoms with Gasteiger partial charge in [0.15, 0.2) is 0 Å². The summed E-state index contributed by atoms with van der Waals surface area (Å²) < 4.78 is 37.3. The van der Waals surface area contributed by atoms with E-state index in [0.717, 1.165) is 6.42 Å². The number of carbonyl (C=O) groups is 2. The topological polar surface area (TPSA) is 114 Å². The van der Waals surface area contributed by atoms with Crippen molar-refractivity contribution in [2.45, 2.75) is 32.1 Å². The summed E-state index contributed by atoms with van der Waals surface area (Å²) in [6, 6.07) is 10.9. The molecule has 2 N–H and O–H groups in total. The van der Waals surface area contributed by atoms with Crippen molar-refractivity contribution in [1.82, 2.24) is 4.31 Å². The summed E-state index contributed by atoms with van der Waals surface area (Å²) in [7, 11) is -2.24. The number of rotatable bonds is 12. The second-order valence-corrected chi connectivity index (χ2v) is 9.00. The molecule has 0 fully saturated rings. The van der Waals surface area contributed by atoms with Crippen LogP contribution in [0.15, 0.2) is 47.4 Å². The van der Waals surface area contributed by atoms with Gasteiger partial charge in [-0.3, -0.25) is 4.79 Å². The summed E-state index contributed by atoms with van der Waals surface area (Å²) in [5, 5.41) is 5.65.